The number of aliphatic carboxylic acids is 1. The van der Waals surface area contributed by atoms with Crippen LogP contribution in [-0.2, 0) is 11.2 Å². The molecule has 5 heteroatoms. The quantitative estimate of drug-likeness (QED) is 0.708. The molecule has 0 radical (unpaired) electrons. The van der Waals surface area contributed by atoms with E-state index in [1.807, 2.05) is 0 Å². The van der Waals surface area contributed by atoms with E-state index in [0.29, 0.717) is 0 Å². The van der Waals surface area contributed by atoms with Crippen LogP contribution in [0.5, 0.6) is 0 Å². The molecular formula is C6H8N2O2S. The Hall–Kier alpha value is -1.10. The number of hydrogen-bond donors (Lipinski definition) is 2. The Morgan fingerprint density at radius 1 is 1.91 bits per heavy atom. The first-order valence-electron chi connectivity index (χ1n) is 3.06. The van der Waals surface area contributed by atoms with E-state index < -0.39 is 5.97 Å². The second-order valence-corrected chi connectivity index (χ2v) is 3.07. The van der Waals surface area contributed by atoms with E-state index in [0.717, 1.165) is 10.0 Å². The molecule has 0 saturated heterocycles. The lowest BCUT2D eigenvalue weighted by Crippen LogP contribution is -1.97. The molecule has 0 amide bonds. The molecule has 0 atom stereocenters. The van der Waals surface area contributed by atoms with Gasteiger partial charge < -0.3 is 10.4 Å². The Kier molecular flexibility index (Phi) is 2.43. The van der Waals surface area contributed by atoms with Crippen LogP contribution in [-0.4, -0.2) is 23.1 Å². The van der Waals surface area contributed by atoms with E-state index in [4.69, 9.17) is 5.11 Å². The summed E-state index contributed by atoms with van der Waals surface area (Å²) in [6.45, 7) is 0. The SMILES string of the molecule is CNc1ncc(CC(=O)O)s1. The lowest BCUT2D eigenvalue weighted by Gasteiger charge is -1.87. The molecule has 0 saturated carbocycles. The Labute approximate surface area is 67.9 Å². The second-order valence-electron chi connectivity index (χ2n) is 1.95. The molecule has 1 aromatic rings. The van der Waals surface area contributed by atoms with Crippen LogP contribution in [0, 0.1) is 0 Å². The smallest absolute Gasteiger partial charge is 0.308 e. The molecule has 0 aliphatic rings. The van der Waals surface area contributed by atoms with Gasteiger partial charge in [-0.15, -0.1) is 11.3 Å². The van der Waals surface area contributed by atoms with Gasteiger partial charge in [-0.25, -0.2) is 4.98 Å². The molecule has 1 rings (SSSR count). The molecule has 0 aromatic carbocycles. The van der Waals surface area contributed by atoms with Crippen molar-refractivity contribution in [2.24, 2.45) is 0 Å². The third-order valence-corrected chi connectivity index (χ3v) is 2.11. The van der Waals surface area contributed by atoms with Gasteiger partial charge in [0, 0.05) is 18.1 Å². The van der Waals surface area contributed by atoms with Gasteiger partial charge in [0.25, 0.3) is 0 Å². The molecule has 0 bridgehead atoms. The summed E-state index contributed by atoms with van der Waals surface area (Å²) >= 11 is 1.36. The number of rotatable bonds is 3. The highest BCUT2D eigenvalue weighted by molar-refractivity contribution is 7.15. The van der Waals surface area contributed by atoms with Crippen molar-refractivity contribution >= 4 is 22.4 Å². The number of thiazole rings is 1. The highest BCUT2D eigenvalue weighted by Crippen LogP contribution is 2.17. The molecule has 0 spiro atoms. The fraction of sp³-hybridized carbons (Fsp3) is 0.333. The number of nitrogens with one attached hydrogen (secondary N) is 1. The van der Waals surface area contributed by atoms with Crippen LogP contribution in [0.2, 0.25) is 0 Å². The summed E-state index contributed by atoms with van der Waals surface area (Å²) in [6.07, 6.45) is 1.63. The third-order valence-electron chi connectivity index (χ3n) is 1.09. The van der Waals surface area contributed by atoms with E-state index in [-0.39, 0.29) is 6.42 Å². The van der Waals surface area contributed by atoms with Crippen LogP contribution in [0.15, 0.2) is 6.20 Å². The number of nitrogens with zero attached hydrogens (tertiary/aromatic N) is 1. The summed E-state index contributed by atoms with van der Waals surface area (Å²) in [7, 11) is 1.75. The highest BCUT2D eigenvalue weighted by atomic mass is 32.1. The van der Waals surface area contributed by atoms with Crippen LogP contribution >= 0.6 is 11.3 Å². The largest absolute Gasteiger partial charge is 0.481 e. The van der Waals surface area contributed by atoms with Gasteiger partial charge in [-0.05, 0) is 0 Å². The lowest BCUT2D eigenvalue weighted by molar-refractivity contribution is -0.136. The maximum absolute atomic E-state index is 10.2. The van der Waals surface area contributed by atoms with E-state index in [2.05, 4.69) is 10.3 Å². The number of carbonyl (C=O) groups is 1. The van der Waals surface area contributed by atoms with Crippen molar-refractivity contribution in [3.63, 3.8) is 0 Å². The number of hydrogen-bond acceptors (Lipinski definition) is 4. The first kappa shape index (κ1) is 8.00. The summed E-state index contributed by atoms with van der Waals surface area (Å²) in [5, 5.41) is 12.0. The van der Waals surface area contributed by atoms with Gasteiger partial charge in [0.2, 0.25) is 0 Å². The number of carboxylic acids is 1. The minimum absolute atomic E-state index is 0.0549. The van der Waals surface area contributed by atoms with E-state index in [9.17, 15) is 4.79 Å². The Bertz CT molecular complexity index is 259. The summed E-state index contributed by atoms with van der Waals surface area (Å²) in [4.78, 5) is 14.9. The van der Waals surface area contributed by atoms with Crippen LogP contribution < -0.4 is 5.32 Å². The molecular weight excluding hydrogens is 164 g/mol. The molecule has 2 N–H and O–H groups in total. The predicted octanol–water partition coefficient (Wildman–Crippen LogP) is 0.812. The second kappa shape index (κ2) is 3.34. The third kappa shape index (κ3) is 2.19. The highest BCUT2D eigenvalue weighted by Gasteiger charge is 2.03. The van der Waals surface area contributed by atoms with Gasteiger partial charge in [-0.2, -0.15) is 0 Å². The molecule has 0 aliphatic carbocycles. The standard InChI is InChI=1S/C6H8N2O2S/c1-7-6-8-3-4(11-6)2-5(9)10/h3H,2H2,1H3,(H,7,8)(H,9,10). The van der Waals surface area contributed by atoms with Gasteiger partial charge in [0.05, 0.1) is 6.42 Å². The number of carboxylic acid groups (broad SMARTS) is 1. The fourth-order valence-electron chi connectivity index (χ4n) is 0.654. The van der Waals surface area contributed by atoms with Gasteiger partial charge in [0.15, 0.2) is 5.13 Å². The minimum Gasteiger partial charge on any atom is -0.481 e. The average molecular weight is 172 g/mol. The van der Waals surface area contributed by atoms with Crippen molar-refractivity contribution < 1.29 is 9.90 Å². The summed E-state index contributed by atoms with van der Waals surface area (Å²) < 4.78 is 0. The first-order chi connectivity index (χ1) is 5.22. The number of aromatic nitrogens is 1. The van der Waals surface area contributed by atoms with Crippen LogP contribution in [0.4, 0.5) is 5.13 Å². The van der Waals surface area contributed by atoms with Crippen LogP contribution in [0.3, 0.4) is 0 Å². The zero-order valence-electron chi connectivity index (χ0n) is 6.00. The Morgan fingerprint density at radius 2 is 2.64 bits per heavy atom. The summed E-state index contributed by atoms with van der Waals surface area (Å²) in [5.41, 5.74) is 0. The zero-order chi connectivity index (χ0) is 8.27. The first-order valence-corrected chi connectivity index (χ1v) is 3.88. The fourth-order valence-corrected chi connectivity index (χ4v) is 1.41. The summed E-state index contributed by atoms with van der Waals surface area (Å²) in [6, 6.07) is 0. The molecule has 11 heavy (non-hydrogen) atoms. The Balaban J connectivity index is 2.65. The molecule has 60 valence electrons. The van der Waals surface area contributed by atoms with Crippen molar-refractivity contribution in [1.82, 2.24) is 4.98 Å². The molecule has 0 unspecified atom stereocenters. The zero-order valence-corrected chi connectivity index (χ0v) is 6.81. The van der Waals surface area contributed by atoms with E-state index >= 15 is 0 Å². The maximum Gasteiger partial charge on any atom is 0.308 e. The van der Waals surface area contributed by atoms with Crippen LogP contribution in [0.1, 0.15) is 4.88 Å². The van der Waals surface area contributed by atoms with Crippen molar-refractivity contribution in [1.29, 1.82) is 0 Å². The van der Waals surface area contributed by atoms with Gasteiger partial charge in [0.1, 0.15) is 0 Å². The Morgan fingerprint density at radius 3 is 3.09 bits per heavy atom. The van der Waals surface area contributed by atoms with E-state index in [1.165, 1.54) is 11.3 Å². The molecule has 0 aliphatic heterocycles. The maximum atomic E-state index is 10.2. The van der Waals surface area contributed by atoms with E-state index in [1.54, 1.807) is 13.2 Å². The minimum atomic E-state index is -0.823. The average Bonchev–Trinajstić information content (AvgIpc) is 2.34. The molecule has 1 aromatic heterocycles. The van der Waals surface area contributed by atoms with Crippen LogP contribution in [0.25, 0.3) is 0 Å². The van der Waals surface area contributed by atoms with Gasteiger partial charge in [-0.3, -0.25) is 4.79 Å². The normalized spacial score (nSPS) is 9.55. The molecule has 0 fully saturated rings. The predicted molar refractivity (Wildman–Crippen MR) is 43.0 cm³/mol. The molecule has 4 nitrogen and oxygen atoms in total. The van der Waals surface area contributed by atoms with Crippen molar-refractivity contribution in [2.75, 3.05) is 12.4 Å². The molecule has 1 heterocycles. The number of anilines is 1. The lowest BCUT2D eigenvalue weighted by atomic mass is 10.4. The monoisotopic (exact) mass is 172 g/mol. The van der Waals surface area contributed by atoms with Gasteiger partial charge in [-0.1, -0.05) is 0 Å². The van der Waals surface area contributed by atoms with Crippen molar-refractivity contribution in [2.45, 2.75) is 6.42 Å². The van der Waals surface area contributed by atoms with Crippen molar-refractivity contribution in [3.8, 4) is 0 Å². The van der Waals surface area contributed by atoms with Gasteiger partial charge >= 0.3 is 5.97 Å². The topological polar surface area (TPSA) is 62.2 Å². The van der Waals surface area contributed by atoms with Crippen molar-refractivity contribution in [3.05, 3.63) is 11.1 Å². The summed E-state index contributed by atoms with van der Waals surface area (Å²) in [5.74, 6) is -0.823.